The van der Waals surface area contributed by atoms with Crippen LogP contribution in [0.4, 0.5) is 0 Å². The number of ether oxygens (including phenoxy) is 1. The van der Waals surface area contributed by atoms with Crippen LogP contribution in [0.3, 0.4) is 0 Å². The van der Waals surface area contributed by atoms with Crippen molar-refractivity contribution in [2.45, 2.75) is 59.8 Å². The summed E-state index contributed by atoms with van der Waals surface area (Å²) in [5.74, 6) is -3.10. The minimum Gasteiger partial charge on any atom is -0.480 e. The Morgan fingerprint density at radius 2 is 2.05 bits per heavy atom. The lowest BCUT2D eigenvalue weighted by Gasteiger charge is -2.35. The molecule has 0 amide bonds. The monoisotopic (exact) mass is 308 g/mol. The summed E-state index contributed by atoms with van der Waals surface area (Å²) < 4.78 is 4.55. The normalized spacial score (nSPS) is 19.8. The molecule has 1 unspecified atom stereocenters. The molecule has 1 aliphatic carbocycles. The van der Waals surface area contributed by atoms with Crippen LogP contribution < -0.4 is 0 Å². The molecule has 0 aromatic heterocycles. The van der Waals surface area contributed by atoms with Crippen molar-refractivity contribution >= 4 is 11.9 Å². The lowest BCUT2D eigenvalue weighted by Crippen LogP contribution is -2.23. The lowest BCUT2D eigenvalue weighted by molar-refractivity contribution is -0.154. The van der Waals surface area contributed by atoms with Crippen LogP contribution in [0.2, 0.25) is 0 Å². The molecule has 4 heteroatoms. The Labute approximate surface area is 133 Å². The fourth-order valence-electron chi connectivity index (χ4n) is 3.28. The van der Waals surface area contributed by atoms with Gasteiger partial charge in [0.05, 0.1) is 7.11 Å². The average Bonchev–Trinajstić information content (AvgIpc) is 2.42. The molecule has 124 valence electrons. The first-order valence-electron chi connectivity index (χ1n) is 7.86. The Morgan fingerprint density at radius 1 is 1.41 bits per heavy atom. The molecular formula is C18H28O4. The Hall–Kier alpha value is -1.58. The number of carboxylic acid groups (broad SMARTS) is 1. The van der Waals surface area contributed by atoms with Crippen LogP contribution in [0.15, 0.2) is 22.8 Å². The Balaban J connectivity index is 2.80. The highest BCUT2D eigenvalue weighted by Crippen LogP contribution is 2.42. The predicted molar refractivity (Wildman–Crippen MR) is 86.5 cm³/mol. The summed E-state index contributed by atoms with van der Waals surface area (Å²) in [6, 6.07) is 0. The molecule has 1 rings (SSSR count). The number of rotatable bonds is 6. The van der Waals surface area contributed by atoms with E-state index in [0.717, 1.165) is 24.8 Å². The Bertz CT molecular complexity index is 497. The van der Waals surface area contributed by atoms with Gasteiger partial charge in [-0.3, -0.25) is 9.59 Å². The maximum absolute atomic E-state index is 11.5. The van der Waals surface area contributed by atoms with E-state index in [4.69, 9.17) is 5.11 Å². The summed E-state index contributed by atoms with van der Waals surface area (Å²) in [6.45, 7) is 8.63. The van der Waals surface area contributed by atoms with Crippen LogP contribution in [0, 0.1) is 11.3 Å². The fourth-order valence-corrected chi connectivity index (χ4v) is 3.28. The topological polar surface area (TPSA) is 63.6 Å². The van der Waals surface area contributed by atoms with Crippen molar-refractivity contribution in [3.63, 3.8) is 0 Å². The summed E-state index contributed by atoms with van der Waals surface area (Å²) in [5, 5.41) is 9.11. The second kappa shape index (κ2) is 7.61. The zero-order valence-corrected chi connectivity index (χ0v) is 14.4. The molecule has 0 saturated heterocycles. The van der Waals surface area contributed by atoms with Crippen LogP contribution in [-0.2, 0) is 14.3 Å². The molecule has 0 spiro atoms. The lowest BCUT2D eigenvalue weighted by atomic mass is 9.71. The number of esters is 1. The largest absolute Gasteiger partial charge is 0.480 e. The first-order valence-corrected chi connectivity index (χ1v) is 7.86. The highest BCUT2D eigenvalue weighted by atomic mass is 16.5. The van der Waals surface area contributed by atoms with Gasteiger partial charge in [0.1, 0.15) is 0 Å². The third-order valence-corrected chi connectivity index (χ3v) is 4.63. The van der Waals surface area contributed by atoms with Gasteiger partial charge in [-0.1, -0.05) is 36.6 Å². The standard InChI is InChI=1S/C18H28O4/c1-12(11-14(16(19)20)17(21)22-5)8-9-15-13(2)7-6-10-18(15,3)4/h11,14H,6-10H2,1-5H3,(H,19,20). The van der Waals surface area contributed by atoms with Crippen molar-refractivity contribution in [3.05, 3.63) is 22.8 Å². The van der Waals surface area contributed by atoms with E-state index in [0.29, 0.717) is 0 Å². The molecule has 0 saturated carbocycles. The van der Waals surface area contributed by atoms with E-state index in [9.17, 15) is 9.59 Å². The molecule has 0 heterocycles. The van der Waals surface area contributed by atoms with Gasteiger partial charge in [-0.05, 0) is 51.4 Å². The highest BCUT2D eigenvalue weighted by Gasteiger charge is 2.28. The first-order chi connectivity index (χ1) is 10.2. The number of carbonyl (C=O) groups excluding carboxylic acids is 1. The van der Waals surface area contributed by atoms with Crippen molar-refractivity contribution in [1.82, 2.24) is 0 Å². The zero-order chi connectivity index (χ0) is 16.9. The molecule has 0 radical (unpaired) electrons. The molecule has 1 N–H and O–H groups in total. The second-order valence-corrected chi connectivity index (χ2v) is 6.85. The molecule has 4 nitrogen and oxygen atoms in total. The van der Waals surface area contributed by atoms with Gasteiger partial charge in [0, 0.05) is 0 Å². The maximum atomic E-state index is 11.5. The molecule has 0 aromatic carbocycles. The van der Waals surface area contributed by atoms with Gasteiger partial charge in [0.2, 0.25) is 0 Å². The number of aliphatic carboxylic acids is 1. The van der Waals surface area contributed by atoms with Crippen LogP contribution in [0.1, 0.15) is 59.8 Å². The third-order valence-electron chi connectivity index (χ3n) is 4.63. The number of methoxy groups -OCH3 is 1. The number of carbonyl (C=O) groups is 2. The molecule has 0 aromatic rings. The maximum Gasteiger partial charge on any atom is 0.323 e. The van der Waals surface area contributed by atoms with E-state index in [1.807, 2.05) is 6.92 Å². The molecular weight excluding hydrogens is 280 g/mol. The minimum atomic E-state index is -1.21. The van der Waals surface area contributed by atoms with E-state index in [1.54, 1.807) is 0 Å². The summed E-state index contributed by atoms with van der Waals surface area (Å²) in [4.78, 5) is 22.6. The van der Waals surface area contributed by atoms with Gasteiger partial charge in [-0.15, -0.1) is 0 Å². The van der Waals surface area contributed by atoms with Crippen LogP contribution >= 0.6 is 0 Å². The number of allylic oxidation sites excluding steroid dienone is 3. The van der Waals surface area contributed by atoms with Gasteiger partial charge in [-0.2, -0.15) is 0 Å². The van der Waals surface area contributed by atoms with Gasteiger partial charge in [-0.25, -0.2) is 0 Å². The zero-order valence-electron chi connectivity index (χ0n) is 14.4. The van der Waals surface area contributed by atoms with Crippen molar-refractivity contribution in [1.29, 1.82) is 0 Å². The van der Waals surface area contributed by atoms with Crippen LogP contribution in [0.25, 0.3) is 0 Å². The smallest absolute Gasteiger partial charge is 0.323 e. The van der Waals surface area contributed by atoms with E-state index < -0.39 is 17.9 Å². The van der Waals surface area contributed by atoms with E-state index in [-0.39, 0.29) is 5.41 Å². The van der Waals surface area contributed by atoms with Crippen molar-refractivity contribution < 1.29 is 19.4 Å². The average molecular weight is 308 g/mol. The number of hydrogen-bond acceptors (Lipinski definition) is 3. The molecule has 22 heavy (non-hydrogen) atoms. The van der Waals surface area contributed by atoms with E-state index in [2.05, 4.69) is 25.5 Å². The van der Waals surface area contributed by atoms with Crippen LogP contribution in [0.5, 0.6) is 0 Å². The predicted octanol–water partition coefficient (Wildman–Crippen LogP) is 4.11. The van der Waals surface area contributed by atoms with Crippen molar-refractivity contribution in [2.24, 2.45) is 11.3 Å². The molecule has 1 atom stereocenters. The summed E-state index contributed by atoms with van der Waals surface area (Å²) in [5.41, 5.74) is 4.08. The third kappa shape index (κ3) is 4.72. The molecule has 1 aliphatic rings. The molecule has 0 fully saturated rings. The fraction of sp³-hybridized carbons (Fsp3) is 0.667. The first kappa shape index (κ1) is 18.5. The van der Waals surface area contributed by atoms with Crippen LogP contribution in [-0.4, -0.2) is 24.2 Å². The summed E-state index contributed by atoms with van der Waals surface area (Å²) in [6.07, 6.45) is 6.80. The summed E-state index contributed by atoms with van der Waals surface area (Å²) in [7, 11) is 1.21. The van der Waals surface area contributed by atoms with Gasteiger partial charge in [0.15, 0.2) is 5.92 Å². The van der Waals surface area contributed by atoms with Gasteiger partial charge >= 0.3 is 11.9 Å². The Kier molecular flexibility index (Phi) is 6.39. The number of carboxylic acids is 1. The van der Waals surface area contributed by atoms with Crippen molar-refractivity contribution in [2.75, 3.05) is 7.11 Å². The number of hydrogen-bond donors (Lipinski definition) is 1. The van der Waals surface area contributed by atoms with E-state index >= 15 is 0 Å². The van der Waals surface area contributed by atoms with E-state index in [1.165, 1.54) is 37.2 Å². The quantitative estimate of drug-likeness (QED) is 0.455. The minimum absolute atomic E-state index is 0.219. The Morgan fingerprint density at radius 3 is 2.55 bits per heavy atom. The molecule has 0 aliphatic heterocycles. The SMILES string of the molecule is COC(=O)C(C=C(C)CCC1=C(C)CCCC1(C)C)C(=O)O. The second-order valence-electron chi connectivity index (χ2n) is 6.85. The van der Waals surface area contributed by atoms with Gasteiger partial charge < -0.3 is 9.84 Å². The van der Waals surface area contributed by atoms with Crippen molar-refractivity contribution in [3.8, 4) is 0 Å². The highest BCUT2D eigenvalue weighted by molar-refractivity contribution is 5.96. The summed E-state index contributed by atoms with van der Waals surface area (Å²) >= 11 is 0. The molecule has 0 bridgehead atoms. The van der Waals surface area contributed by atoms with Gasteiger partial charge in [0.25, 0.3) is 0 Å².